The molecule has 1 N–H and O–H groups in total. The quantitative estimate of drug-likeness (QED) is 0.931. The smallest absolute Gasteiger partial charge is 0.161 e. The summed E-state index contributed by atoms with van der Waals surface area (Å²) in [7, 11) is 1.55. The van der Waals surface area contributed by atoms with Crippen LogP contribution in [-0.2, 0) is 6.54 Å². The fourth-order valence-corrected chi connectivity index (χ4v) is 2.95. The van der Waals surface area contributed by atoms with Crippen molar-refractivity contribution in [3.05, 3.63) is 59.7 Å². The summed E-state index contributed by atoms with van der Waals surface area (Å²) in [4.78, 5) is 2.37. The molecule has 0 fully saturated rings. The summed E-state index contributed by atoms with van der Waals surface area (Å²) in [5, 5.41) is 9.65. The third kappa shape index (κ3) is 3.89. The first-order chi connectivity index (χ1) is 11.7. The van der Waals surface area contributed by atoms with Gasteiger partial charge in [0.1, 0.15) is 11.9 Å². The summed E-state index contributed by atoms with van der Waals surface area (Å²) >= 11 is 0. The molecule has 0 aromatic heterocycles. The minimum Gasteiger partial charge on any atom is -0.504 e. The van der Waals surface area contributed by atoms with Crippen LogP contribution in [0.4, 0.5) is 0 Å². The fraction of sp³-hybridized carbons (Fsp3) is 0.300. The van der Waals surface area contributed by atoms with Gasteiger partial charge < -0.3 is 14.6 Å². The number of phenolic OH excluding ortho intramolecular Hbond substituents is 1. The van der Waals surface area contributed by atoms with Crippen LogP contribution in [0.25, 0.3) is 6.08 Å². The predicted molar refractivity (Wildman–Crippen MR) is 95.5 cm³/mol. The Hall–Kier alpha value is -2.46. The van der Waals surface area contributed by atoms with E-state index >= 15 is 0 Å². The lowest BCUT2D eigenvalue weighted by Crippen LogP contribution is -2.31. The van der Waals surface area contributed by atoms with E-state index < -0.39 is 0 Å². The van der Waals surface area contributed by atoms with Crippen LogP contribution in [0.3, 0.4) is 0 Å². The molecule has 1 unspecified atom stereocenters. The lowest BCUT2D eigenvalue weighted by Gasteiger charge is -2.20. The number of aromatic hydroxyl groups is 1. The van der Waals surface area contributed by atoms with E-state index in [1.807, 2.05) is 30.3 Å². The summed E-state index contributed by atoms with van der Waals surface area (Å²) in [6, 6.07) is 13.6. The van der Waals surface area contributed by atoms with Gasteiger partial charge in [0.05, 0.1) is 7.11 Å². The maximum Gasteiger partial charge on any atom is 0.161 e. The van der Waals surface area contributed by atoms with Crippen LogP contribution < -0.4 is 9.47 Å². The predicted octanol–water partition coefficient (Wildman–Crippen LogP) is 3.70. The molecule has 126 valence electrons. The minimum absolute atomic E-state index is 0.157. The number of hydrogen-bond donors (Lipinski definition) is 1. The lowest BCUT2D eigenvalue weighted by atomic mass is 10.1. The molecule has 0 aliphatic carbocycles. The zero-order valence-electron chi connectivity index (χ0n) is 14.1. The molecular weight excluding hydrogens is 302 g/mol. The monoisotopic (exact) mass is 325 g/mol. The van der Waals surface area contributed by atoms with Crippen molar-refractivity contribution in [3.63, 3.8) is 0 Å². The Morgan fingerprint density at radius 2 is 2.12 bits per heavy atom. The highest BCUT2D eigenvalue weighted by molar-refractivity contribution is 5.55. The first-order valence-corrected chi connectivity index (χ1v) is 8.16. The third-order valence-corrected chi connectivity index (χ3v) is 4.09. The highest BCUT2D eigenvalue weighted by atomic mass is 16.5. The van der Waals surface area contributed by atoms with E-state index in [1.54, 1.807) is 13.2 Å². The number of rotatable bonds is 4. The average molecular weight is 325 g/mol. The van der Waals surface area contributed by atoms with Crippen molar-refractivity contribution in [2.75, 3.05) is 20.2 Å². The van der Waals surface area contributed by atoms with Crippen LogP contribution in [0, 0.1) is 0 Å². The van der Waals surface area contributed by atoms with E-state index in [0.717, 1.165) is 30.9 Å². The van der Waals surface area contributed by atoms with Crippen molar-refractivity contribution >= 4 is 6.08 Å². The van der Waals surface area contributed by atoms with Gasteiger partial charge in [-0.25, -0.2) is 0 Å². The first kappa shape index (κ1) is 16.4. The molecule has 0 bridgehead atoms. The van der Waals surface area contributed by atoms with Crippen molar-refractivity contribution in [2.45, 2.75) is 19.6 Å². The summed E-state index contributed by atoms with van der Waals surface area (Å²) in [6.45, 7) is 4.70. The molecule has 3 rings (SSSR count). The molecule has 4 nitrogen and oxygen atoms in total. The number of benzene rings is 2. The number of methoxy groups -OCH3 is 1. The molecule has 2 aromatic carbocycles. The first-order valence-electron chi connectivity index (χ1n) is 8.16. The van der Waals surface area contributed by atoms with Gasteiger partial charge in [-0.05, 0) is 30.7 Å². The van der Waals surface area contributed by atoms with E-state index in [-0.39, 0.29) is 11.9 Å². The van der Waals surface area contributed by atoms with E-state index in [0.29, 0.717) is 5.75 Å². The van der Waals surface area contributed by atoms with Crippen LogP contribution >= 0.6 is 0 Å². The number of hydrogen-bond acceptors (Lipinski definition) is 4. The van der Waals surface area contributed by atoms with Crippen molar-refractivity contribution in [1.82, 2.24) is 4.90 Å². The van der Waals surface area contributed by atoms with Crippen molar-refractivity contribution < 1.29 is 14.6 Å². The van der Waals surface area contributed by atoms with Gasteiger partial charge in [0.15, 0.2) is 11.5 Å². The Morgan fingerprint density at radius 1 is 1.29 bits per heavy atom. The number of phenols is 1. The fourth-order valence-electron chi connectivity index (χ4n) is 2.95. The Morgan fingerprint density at radius 3 is 2.96 bits per heavy atom. The zero-order valence-corrected chi connectivity index (χ0v) is 14.1. The van der Waals surface area contributed by atoms with Gasteiger partial charge in [-0.1, -0.05) is 36.4 Å². The van der Waals surface area contributed by atoms with Crippen LogP contribution in [-0.4, -0.2) is 36.3 Å². The Kier molecular flexibility index (Phi) is 5.06. The molecule has 1 atom stereocenters. The normalized spacial score (nSPS) is 18.0. The van der Waals surface area contributed by atoms with Crippen molar-refractivity contribution in [1.29, 1.82) is 0 Å². The highest BCUT2D eigenvalue weighted by Gasteiger charge is 2.18. The largest absolute Gasteiger partial charge is 0.504 e. The lowest BCUT2D eigenvalue weighted by molar-refractivity contribution is 0.170. The summed E-state index contributed by atoms with van der Waals surface area (Å²) in [5.74, 6) is 1.63. The second kappa shape index (κ2) is 7.41. The zero-order chi connectivity index (χ0) is 16.9. The molecule has 0 radical (unpaired) electrons. The minimum atomic E-state index is 0.157. The molecule has 0 saturated carbocycles. The van der Waals surface area contributed by atoms with Crippen molar-refractivity contribution in [2.24, 2.45) is 0 Å². The van der Waals surface area contributed by atoms with E-state index in [2.05, 4.69) is 30.0 Å². The van der Waals surface area contributed by atoms with Crippen molar-refractivity contribution in [3.8, 4) is 17.2 Å². The number of fused-ring (bicyclic) bond motifs is 1. The maximum absolute atomic E-state index is 9.65. The van der Waals surface area contributed by atoms with Crippen LogP contribution in [0.15, 0.2) is 48.5 Å². The van der Waals surface area contributed by atoms with Gasteiger partial charge in [0, 0.05) is 25.2 Å². The molecule has 0 spiro atoms. The molecular formula is C20H23NO3. The Balaban J connectivity index is 1.68. The van der Waals surface area contributed by atoms with E-state index in [4.69, 9.17) is 9.47 Å². The highest BCUT2D eigenvalue weighted by Crippen LogP contribution is 2.27. The van der Waals surface area contributed by atoms with Gasteiger partial charge in [-0.2, -0.15) is 0 Å². The molecule has 0 saturated heterocycles. The Labute approximate surface area is 142 Å². The average Bonchev–Trinajstić information content (AvgIpc) is 2.73. The molecule has 0 amide bonds. The van der Waals surface area contributed by atoms with Crippen LogP contribution in [0.1, 0.15) is 18.1 Å². The molecule has 2 aromatic rings. The Bertz CT molecular complexity index is 727. The van der Waals surface area contributed by atoms with Gasteiger partial charge in [0.2, 0.25) is 0 Å². The number of para-hydroxylation sites is 1. The maximum atomic E-state index is 9.65. The summed E-state index contributed by atoms with van der Waals surface area (Å²) < 4.78 is 11.1. The molecule has 1 aliphatic heterocycles. The van der Waals surface area contributed by atoms with Gasteiger partial charge in [-0.3, -0.25) is 4.90 Å². The van der Waals surface area contributed by atoms with E-state index in [9.17, 15) is 5.11 Å². The molecule has 1 aliphatic rings. The summed E-state index contributed by atoms with van der Waals surface area (Å²) in [6.07, 6.45) is 4.34. The second-order valence-electron chi connectivity index (χ2n) is 6.06. The molecule has 4 heteroatoms. The van der Waals surface area contributed by atoms with Gasteiger partial charge in [-0.15, -0.1) is 0 Å². The topological polar surface area (TPSA) is 41.9 Å². The summed E-state index contributed by atoms with van der Waals surface area (Å²) in [5.41, 5.74) is 2.23. The standard InChI is InChI=1S/C20H23NO3/c1-15-13-21(14-17-7-3-4-8-19(17)24-15)11-5-6-16-9-10-18(22)20(12-16)23-2/h3-10,12,15,22H,11,13-14H2,1-2H3/b6-5+. The molecule has 24 heavy (non-hydrogen) atoms. The number of ether oxygens (including phenoxy) is 2. The second-order valence-corrected chi connectivity index (χ2v) is 6.06. The number of nitrogens with zero attached hydrogens (tertiary/aromatic N) is 1. The van der Waals surface area contributed by atoms with Crippen LogP contribution in [0.2, 0.25) is 0 Å². The van der Waals surface area contributed by atoms with Gasteiger partial charge >= 0.3 is 0 Å². The van der Waals surface area contributed by atoms with Gasteiger partial charge in [0.25, 0.3) is 0 Å². The van der Waals surface area contributed by atoms with E-state index in [1.165, 1.54) is 5.56 Å². The SMILES string of the molecule is COc1cc(/C=C/CN2Cc3ccccc3OC(C)C2)ccc1O. The third-order valence-electron chi connectivity index (χ3n) is 4.09. The molecule has 1 heterocycles. The van der Waals surface area contributed by atoms with Crippen LogP contribution in [0.5, 0.6) is 17.2 Å².